The lowest BCUT2D eigenvalue weighted by atomic mass is 9.97. The number of carbonyl (C=O) groups is 2. The lowest BCUT2D eigenvalue weighted by molar-refractivity contribution is -0.116. The first-order chi connectivity index (χ1) is 17.5. The first kappa shape index (κ1) is 23.7. The number of rotatable bonds is 6. The third-order valence-electron chi connectivity index (χ3n) is 6.41. The van der Waals surface area contributed by atoms with Gasteiger partial charge < -0.3 is 10.1 Å². The van der Waals surface area contributed by atoms with Crippen LogP contribution in [-0.2, 0) is 35.5 Å². The lowest BCUT2D eigenvalue weighted by Gasteiger charge is -2.14. The summed E-state index contributed by atoms with van der Waals surface area (Å²) in [4.78, 5) is 54.1. The number of thiophene rings is 1. The molecule has 0 fully saturated rings. The molecular formula is C27H25N3O5S. The van der Waals surface area contributed by atoms with E-state index in [-0.39, 0.29) is 24.2 Å². The Bertz CT molecular complexity index is 1580. The van der Waals surface area contributed by atoms with Crippen molar-refractivity contribution in [3.8, 4) is 0 Å². The Morgan fingerprint density at radius 3 is 2.47 bits per heavy atom. The molecule has 0 atom stereocenters. The fraction of sp³-hybridized carbons (Fsp3) is 0.259. The summed E-state index contributed by atoms with van der Waals surface area (Å²) >= 11 is 1.43. The number of nitrogens with one attached hydrogen (secondary N) is 1. The number of aryl methyl sites for hydroxylation is 2. The SMILES string of the molecule is COC(=O)c1ccccc1NC(=O)Cn1c(=O)n(Cc2ccccc2)c(=O)c2c3c(sc21)CCCC3. The Labute approximate surface area is 210 Å². The fourth-order valence-corrected chi connectivity index (χ4v) is 6.05. The van der Waals surface area contributed by atoms with Crippen LogP contribution in [0.5, 0.6) is 0 Å². The van der Waals surface area contributed by atoms with Gasteiger partial charge in [0.1, 0.15) is 11.4 Å². The summed E-state index contributed by atoms with van der Waals surface area (Å²) in [7, 11) is 1.27. The molecule has 4 aromatic rings. The Hall–Kier alpha value is -3.98. The van der Waals surface area contributed by atoms with E-state index in [1.54, 1.807) is 24.3 Å². The highest BCUT2D eigenvalue weighted by atomic mass is 32.1. The third-order valence-corrected chi connectivity index (χ3v) is 7.73. The van der Waals surface area contributed by atoms with Crippen LogP contribution in [0.2, 0.25) is 0 Å². The van der Waals surface area contributed by atoms with E-state index in [0.717, 1.165) is 41.7 Å². The quantitative estimate of drug-likeness (QED) is 0.406. The maximum atomic E-state index is 13.6. The van der Waals surface area contributed by atoms with Crippen LogP contribution >= 0.6 is 11.3 Å². The number of anilines is 1. The van der Waals surface area contributed by atoms with Crippen LogP contribution in [0.4, 0.5) is 5.69 Å². The monoisotopic (exact) mass is 503 g/mol. The van der Waals surface area contributed by atoms with Crippen molar-refractivity contribution in [2.24, 2.45) is 0 Å². The summed E-state index contributed by atoms with van der Waals surface area (Å²) in [6.07, 6.45) is 3.67. The number of fused-ring (bicyclic) bond motifs is 3. The van der Waals surface area contributed by atoms with E-state index in [1.165, 1.54) is 27.6 Å². The van der Waals surface area contributed by atoms with E-state index < -0.39 is 17.6 Å². The molecule has 2 heterocycles. The molecule has 5 rings (SSSR count). The minimum absolute atomic E-state index is 0.117. The van der Waals surface area contributed by atoms with Crippen molar-refractivity contribution < 1.29 is 14.3 Å². The summed E-state index contributed by atoms with van der Waals surface area (Å²) in [5, 5.41) is 3.26. The van der Waals surface area contributed by atoms with Gasteiger partial charge in [-0.05, 0) is 48.9 Å². The second-order valence-electron chi connectivity index (χ2n) is 8.72. The molecule has 0 radical (unpaired) electrons. The largest absolute Gasteiger partial charge is 0.465 e. The van der Waals surface area contributed by atoms with E-state index >= 15 is 0 Å². The maximum Gasteiger partial charge on any atom is 0.339 e. The molecule has 0 aliphatic heterocycles. The minimum atomic E-state index is -0.576. The number of ether oxygens (including phenoxy) is 1. The van der Waals surface area contributed by atoms with Gasteiger partial charge in [-0.1, -0.05) is 42.5 Å². The Balaban J connectivity index is 1.59. The standard InChI is InChI=1S/C27H25N3O5S/c1-35-26(33)18-11-5-7-13-20(18)28-22(31)16-30-25-23(19-12-6-8-14-21(19)36-25)24(32)29(27(30)34)15-17-9-3-2-4-10-17/h2-5,7,9-11,13H,6,8,12,14-16H2,1H3,(H,28,31). The zero-order valence-corrected chi connectivity index (χ0v) is 20.6. The molecule has 36 heavy (non-hydrogen) atoms. The van der Waals surface area contributed by atoms with Crippen molar-refractivity contribution in [3.63, 3.8) is 0 Å². The molecule has 0 unspecified atom stereocenters. The molecule has 1 N–H and O–H groups in total. The Morgan fingerprint density at radius 2 is 1.69 bits per heavy atom. The van der Waals surface area contributed by atoms with Crippen LogP contribution in [0, 0.1) is 0 Å². The Morgan fingerprint density at radius 1 is 0.972 bits per heavy atom. The van der Waals surface area contributed by atoms with Gasteiger partial charge in [-0.25, -0.2) is 9.59 Å². The van der Waals surface area contributed by atoms with Crippen molar-refractivity contribution >= 4 is 39.1 Å². The van der Waals surface area contributed by atoms with Gasteiger partial charge in [0.2, 0.25) is 5.91 Å². The molecule has 9 heteroatoms. The highest BCUT2D eigenvalue weighted by Gasteiger charge is 2.25. The molecule has 8 nitrogen and oxygen atoms in total. The van der Waals surface area contributed by atoms with E-state index in [1.807, 2.05) is 30.3 Å². The predicted molar refractivity (Wildman–Crippen MR) is 139 cm³/mol. The summed E-state index contributed by atoms with van der Waals surface area (Å²) in [5.74, 6) is -1.06. The average molecular weight is 504 g/mol. The number of hydrogen-bond acceptors (Lipinski definition) is 6. The number of carbonyl (C=O) groups excluding carboxylic acids is 2. The number of methoxy groups -OCH3 is 1. The molecule has 184 valence electrons. The van der Waals surface area contributed by atoms with Gasteiger partial charge in [-0.2, -0.15) is 0 Å². The molecule has 2 aromatic carbocycles. The van der Waals surface area contributed by atoms with Gasteiger partial charge in [0.05, 0.1) is 30.3 Å². The molecule has 1 aliphatic rings. The number of para-hydroxylation sites is 1. The van der Waals surface area contributed by atoms with Gasteiger partial charge in [0, 0.05) is 4.88 Å². The molecule has 1 aliphatic carbocycles. The molecule has 0 bridgehead atoms. The summed E-state index contributed by atoms with van der Waals surface area (Å²) in [6, 6.07) is 15.8. The Kier molecular flexibility index (Phi) is 6.56. The van der Waals surface area contributed by atoms with E-state index in [4.69, 9.17) is 4.74 Å². The number of hydrogen-bond donors (Lipinski definition) is 1. The highest BCUT2D eigenvalue weighted by molar-refractivity contribution is 7.18. The van der Waals surface area contributed by atoms with Crippen LogP contribution in [-0.4, -0.2) is 28.1 Å². The zero-order valence-electron chi connectivity index (χ0n) is 19.8. The topological polar surface area (TPSA) is 99.4 Å². The van der Waals surface area contributed by atoms with Crippen LogP contribution in [0.1, 0.15) is 39.2 Å². The average Bonchev–Trinajstić information content (AvgIpc) is 3.29. The van der Waals surface area contributed by atoms with Crippen LogP contribution < -0.4 is 16.6 Å². The van der Waals surface area contributed by atoms with Gasteiger partial charge >= 0.3 is 11.7 Å². The third kappa shape index (κ3) is 4.37. The number of amides is 1. The zero-order chi connectivity index (χ0) is 25.2. The number of esters is 1. The van der Waals surface area contributed by atoms with Crippen LogP contribution in [0.15, 0.2) is 64.2 Å². The molecule has 0 saturated heterocycles. The van der Waals surface area contributed by atoms with Crippen molar-refractivity contribution in [2.75, 3.05) is 12.4 Å². The van der Waals surface area contributed by atoms with Crippen molar-refractivity contribution in [1.82, 2.24) is 9.13 Å². The second-order valence-corrected chi connectivity index (χ2v) is 9.81. The van der Waals surface area contributed by atoms with Gasteiger partial charge in [0.15, 0.2) is 0 Å². The maximum absolute atomic E-state index is 13.6. The van der Waals surface area contributed by atoms with Crippen molar-refractivity contribution in [2.45, 2.75) is 38.8 Å². The fourth-order valence-electron chi connectivity index (χ4n) is 4.67. The molecule has 0 saturated carbocycles. The van der Waals surface area contributed by atoms with E-state index in [9.17, 15) is 19.2 Å². The van der Waals surface area contributed by atoms with E-state index in [2.05, 4.69) is 5.32 Å². The second kappa shape index (κ2) is 9.94. The highest BCUT2D eigenvalue weighted by Crippen LogP contribution is 2.34. The molecule has 0 spiro atoms. The first-order valence-electron chi connectivity index (χ1n) is 11.8. The number of nitrogens with zero attached hydrogens (tertiary/aromatic N) is 2. The number of aromatic nitrogens is 2. The smallest absolute Gasteiger partial charge is 0.339 e. The summed E-state index contributed by atoms with van der Waals surface area (Å²) in [6.45, 7) is -0.175. The van der Waals surface area contributed by atoms with Crippen molar-refractivity contribution in [3.05, 3.63) is 97.0 Å². The summed E-state index contributed by atoms with van der Waals surface area (Å²) < 4.78 is 7.41. The molecule has 1 amide bonds. The minimum Gasteiger partial charge on any atom is -0.465 e. The van der Waals surface area contributed by atoms with Crippen LogP contribution in [0.3, 0.4) is 0 Å². The molecule has 2 aromatic heterocycles. The van der Waals surface area contributed by atoms with Crippen LogP contribution in [0.25, 0.3) is 10.2 Å². The number of benzene rings is 2. The van der Waals surface area contributed by atoms with Gasteiger partial charge in [-0.3, -0.25) is 18.7 Å². The lowest BCUT2D eigenvalue weighted by Crippen LogP contribution is -2.41. The first-order valence-corrected chi connectivity index (χ1v) is 12.6. The van der Waals surface area contributed by atoms with Gasteiger partial charge in [0.25, 0.3) is 5.56 Å². The predicted octanol–water partition coefficient (Wildman–Crippen LogP) is 3.58. The summed E-state index contributed by atoms with van der Waals surface area (Å²) in [5.41, 5.74) is 1.48. The van der Waals surface area contributed by atoms with E-state index in [0.29, 0.717) is 15.9 Å². The van der Waals surface area contributed by atoms with Gasteiger partial charge in [-0.15, -0.1) is 11.3 Å². The van der Waals surface area contributed by atoms with Crippen molar-refractivity contribution in [1.29, 1.82) is 0 Å². The molecular weight excluding hydrogens is 478 g/mol. The normalized spacial score (nSPS) is 12.8.